The Morgan fingerprint density at radius 2 is 1.30 bits per heavy atom. The van der Waals surface area contributed by atoms with Gasteiger partial charge in [0.1, 0.15) is 0 Å². The van der Waals surface area contributed by atoms with Gasteiger partial charge in [-0.05, 0) is 0 Å². The van der Waals surface area contributed by atoms with Gasteiger partial charge in [0.15, 0.2) is 0 Å². The fraction of sp³-hybridized carbons (Fsp3) is 1.00. The van der Waals surface area contributed by atoms with E-state index in [1.165, 1.54) is 3.71 Å². The number of halogens is 2. The molecule has 0 saturated heterocycles. The van der Waals surface area contributed by atoms with Crippen LogP contribution in [0.5, 0.6) is 0 Å². The zero-order chi connectivity index (χ0) is 8.31. The fourth-order valence-corrected chi connectivity index (χ4v) is 6.37. The van der Waals surface area contributed by atoms with E-state index in [4.69, 9.17) is 23.6 Å². The Kier molecular flexibility index (Phi) is 5.23. The Hall–Kier alpha value is 0.970. The first kappa shape index (κ1) is 11.0. The van der Waals surface area contributed by atoms with E-state index in [9.17, 15) is 0 Å². The number of rotatable bonds is 3. The summed E-state index contributed by atoms with van der Waals surface area (Å²) in [6, 6.07) is 0. The SMILES string of the molecule is CC(C)[PH2](C(C)C)N(Cl)Cl. The molecule has 0 heterocycles. The second-order valence-corrected chi connectivity index (χ2v) is 8.96. The molecule has 4 heteroatoms. The van der Waals surface area contributed by atoms with Crippen molar-refractivity contribution in [2.24, 2.45) is 0 Å². The van der Waals surface area contributed by atoms with Crippen LogP contribution in [-0.4, -0.2) is 15.0 Å². The summed E-state index contributed by atoms with van der Waals surface area (Å²) in [4.78, 5) is 0. The summed E-state index contributed by atoms with van der Waals surface area (Å²) in [6.07, 6.45) is 0. The van der Waals surface area contributed by atoms with Crippen LogP contribution in [0.1, 0.15) is 27.7 Å². The van der Waals surface area contributed by atoms with Gasteiger partial charge in [0, 0.05) is 0 Å². The maximum atomic E-state index is 5.69. The molecule has 10 heavy (non-hydrogen) atoms. The topological polar surface area (TPSA) is 3.24 Å². The van der Waals surface area contributed by atoms with Gasteiger partial charge in [-0.1, -0.05) is 0 Å². The van der Waals surface area contributed by atoms with Gasteiger partial charge in [-0.15, -0.1) is 0 Å². The molecule has 0 radical (unpaired) electrons. The minimum atomic E-state index is -1.09. The Balaban J connectivity index is 3.98. The molecule has 0 aromatic rings. The first-order valence-electron chi connectivity index (χ1n) is 3.57. The van der Waals surface area contributed by atoms with Crippen molar-refractivity contribution >= 4 is 31.6 Å². The van der Waals surface area contributed by atoms with Crippen LogP contribution in [0.2, 0.25) is 0 Å². The van der Waals surface area contributed by atoms with Crippen molar-refractivity contribution in [2.75, 3.05) is 0 Å². The van der Waals surface area contributed by atoms with Crippen LogP contribution in [0.15, 0.2) is 0 Å². The number of hydrogen-bond acceptors (Lipinski definition) is 1. The van der Waals surface area contributed by atoms with Gasteiger partial charge in [0.2, 0.25) is 0 Å². The van der Waals surface area contributed by atoms with E-state index in [2.05, 4.69) is 27.7 Å². The van der Waals surface area contributed by atoms with Crippen LogP contribution in [0.25, 0.3) is 0 Å². The summed E-state index contributed by atoms with van der Waals surface area (Å²) in [6.45, 7) is 8.70. The Morgan fingerprint density at radius 1 is 1.00 bits per heavy atom. The zero-order valence-electron chi connectivity index (χ0n) is 6.94. The van der Waals surface area contributed by atoms with Crippen molar-refractivity contribution in [3.8, 4) is 0 Å². The van der Waals surface area contributed by atoms with Crippen molar-refractivity contribution in [1.82, 2.24) is 3.71 Å². The summed E-state index contributed by atoms with van der Waals surface area (Å²) in [5.41, 5.74) is 1.27. The summed E-state index contributed by atoms with van der Waals surface area (Å²) in [5, 5.41) is 0. The van der Waals surface area contributed by atoms with Gasteiger partial charge in [0.25, 0.3) is 0 Å². The molecular formula is C6H16Cl2NP. The Labute approximate surface area is 74.7 Å². The van der Waals surface area contributed by atoms with Crippen LogP contribution in [0.4, 0.5) is 0 Å². The fourth-order valence-electron chi connectivity index (χ4n) is 1.22. The van der Waals surface area contributed by atoms with E-state index in [0.717, 1.165) is 0 Å². The third-order valence-electron chi connectivity index (χ3n) is 1.59. The minimum absolute atomic E-state index is 0.634. The van der Waals surface area contributed by atoms with Crippen LogP contribution in [-0.2, 0) is 0 Å². The summed E-state index contributed by atoms with van der Waals surface area (Å²) in [7, 11) is -1.09. The van der Waals surface area contributed by atoms with Crippen LogP contribution < -0.4 is 0 Å². The molecule has 0 N–H and O–H groups in total. The quantitative estimate of drug-likeness (QED) is 0.503. The van der Waals surface area contributed by atoms with E-state index in [1.54, 1.807) is 0 Å². The van der Waals surface area contributed by atoms with Gasteiger partial charge in [0.05, 0.1) is 0 Å². The molecule has 0 aromatic heterocycles. The second kappa shape index (κ2) is 4.77. The first-order valence-corrected chi connectivity index (χ1v) is 6.10. The Bertz CT molecular complexity index is 76.7. The maximum absolute atomic E-state index is 5.69. The van der Waals surface area contributed by atoms with E-state index < -0.39 is 8.07 Å². The van der Waals surface area contributed by atoms with Crippen LogP contribution in [0.3, 0.4) is 0 Å². The molecule has 0 amide bonds. The molecule has 64 valence electrons. The van der Waals surface area contributed by atoms with Crippen molar-refractivity contribution in [3.63, 3.8) is 0 Å². The predicted octanol–water partition coefficient (Wildman–Crippen LogP) is 3.27. The van der Waals surface area contributed by atoms with E-state index in [1.807, 2.05) is 0 Å². The average molecular weight is 204 g/mol. The van der Waals surface area contributed by atoms with E-state index >= 15 is 0 Å². The van der Waals surface area contributed by atoms with Gasteiger partial charge in [-0.2, -0.15) is 0 Å². The third-order valence-corrected chi connectivity index (χ3v) is 6.13. The summed E-state index contributed by atoms with van der Waals surface area (Å²) < 4.78 is 1.40. The van der Waals surface area contributed by atoms with E-state index in [0.29, 0.717) is 11.3 Å². The summed E-state index contributed by atoms with van der Waals surface area (Å²) in [5.74, 6) is 0. The average Bonchev–Trinajstić information content (AvgIpc) is 1.59. The summed E-state index contributed by atoms with van der Waals surface area (Å²) >= 11 is 11.4. The molecule has 0 unspecified atom stereocenters. The molecule has 0 saturated carbocycles. The zero-order valence-corrected chi connectivity index (χ0v) is 9.60. The molecule has 0 aliphatic heterocycles. The standard InChI is InChI=1S/C6H16Cl2NP/c1-5(2)10(6(3)4)9(7)8/h5-6H,10H2,1-4H3. The molecule has 0 rings (SSSR count). The number of hydrogen-bond donors (Lipinski definition) is 0. The Morgan fingerprint density at radius 3 is 1.30 bits per heavy atom. The van der Waals surface area contributed by atoms with E-state index in [-0.39, 0.29) is 0 Å². The molecule has 1 nitrogen and oxygen atoms in total. The normalized spacial score (nSPS) is 13.5. The first-order chi connectivity index (χ1) is 4.46. The predicted molar refractivity (Wildman–Crippen MR) is 53.5 cm³/mol. The van der Waals surface area contributed by atoms with Gasteiger partial charge >= 0.3 is 74.3 Å². The number of nitrogens with zero attached hydrogens (tertiary/aromatic N) is 1. The van der Waals surface area contributed by atoms with Gasteiger partial charge in [-0.3, -0.25) is 0 Å². The van der Waals surface area contributed by atoms with Crippen molar-refractivity contribution in [1.29, 1.82) is 0 Å². The monoisotopic (exact) mass is 203 g/mol. The molecule has 0 aliphatic rings. The molecule has 0 aliphatic carbocycles. The molecule has 0 fully saturated rings. The van der Waals surface area contributed by atoms with Gasteiger partial charge in [-0.25, -0.2) is 0 Å². The molecule has 0 aromatic carbocycles. The molecule has 0 atom stereocenters. The van der Waals surface area contributed by atoms with Crippen LogP contribution in [0, 0.1) is 0 Å². The van der Waals surface area contributed by atoms with Gasteiger partial charge < -0.3 is 0 Å². The van der Waals surface area contributed by atoms with Crippen molar-refractivity contribution < 1.29 is 0 Å². The molecule has 0 bridgehead atoms. The molecular weight excluding hydrogens is 188 g/mol. The van der Waals surface area contributed by atoms with Crippen LogP contribution >= 0.6 is 31.6 Å². The van der Waals surface area contributed by atoms with Crippen molar-refractivity contribution in [2.45, 2.75) is 39.0 Å². The molecule has 0 spiro atoms. The van der Waals surface area contributed by atoms with Crippen molar-refractivity contribution in [3.05, 3.63) is 0 Å². The second-order valence-electron chi connectivity index (χ2n) is 3.24. The third kappa shape index (κ3) is 3.39.